The maximum atomic E-state index is 3.93. The van der Waals surface area contributed by atoms with Crippen LogP contribution in [0.1, 0.15) is 43.4 Å². The van der Waals surface area contributed by atoms with Gasteiger partial charge < -0.3 is 4.90 Å². The number of aryl methyl sites for hydroxylation is 1. The second-order valence-corrected chi connectivity index (χ2v) is 8.50. The fourth-order valence-electron chi connectivity index (χ4n) is 3.76. The normalized spacial score (nSPS) is 11.3. The summed E-state index contributed by atoms with van der Waals surface area (Å²) < 4.78 is 0. The van der Waals surface area contributed by atoms with Crippen LogP contribution in [0, 0.1) is 6.92 Å². The molecule has 0 amide bonds. The fourth-order valence-corrected chi connectivity index (χ4v) is 3.76. The Labute approximate surface area is 177 Å². The first-order chi connectivity index (χ1) is 13.9. The van der Waals surface area contributed by atoms with E-state index in [0.29, 0.717) is 0 Å². The van der Waals surface area contributed by atoms with Crippen molar-refractivity contribution < 1.29 is 0 Å². The van der Waals surface area contributed by atoms with Gasteiger partial charge in [-0.2, -0.15) is 0 Å². The van der Waals surface area contributed by atoms with Crippen molar-refractivity contribution >= 4 is 31.0 Å². The molecule has 0 aliphatic rings. The molecule has 0 unspecified atom stereocenters. The fraction of sp³-hybridized carbons (Fsp3) is 0.259. The van der Waals surface area contributed by atoms with Gasteiger partial charge in [-0.1, -0.05) is 81.2 Å². The molecule has 0 aliphatic heterocycles. The minimum absolute atomic E-state index is 0.200. The van der Waals surface area contributed by atoms with Gasteiger partial charge in [0.1, 0.15) is 7.85 Å². The van der Waals surface area contributed by atoms with Crippen LogP contribution in [0.3, 0.4) is 0 Å². The minimum atomic E-state index is 0.200. The highest BCUT2D eigenvalue weighted by Gasteiger charge is 2.20. The van der Waals surface area contributed by atoms with E-state index in [-0.39, 0.29) is 5.41 Å². The van der Waals surface area contributed by atoms with Crippen LogP contribution in [-0.2, 0) is 5.41 Å². The molecule has 3 aromatic rings. The maximum Gasteiger partial charge on any atom is 0.101 e. The van der Waals surface area contributed by atoms with Gasteiger partial charge in [-0.25, -0.2) is 0 Å². The van der Waals surface area contributed by atoms with Gasteiger partial charge in [0, 0.05) is 17.1 Å². The standard InChI is InChI=1S/C27H32BN/c1-5-22-8-6-9-26(20-22)29(24-14-10-21(2)11-15-24)25-16-12-23(13-17-25)27(3,4)18-7-19-28/h5-6,8-17,20H,1,7,18-19,28H2,2-4H3. The second-order valence-electron chi connectivity index (χ2n) is 8.50. The molecule has 0 spiro atoms. The summed E-state index contributed by atoms with van der Waals surface area (Å²) in [5.41, 5.74) is 7.47. The lowest BCUT2D eigenvalue weighted by atomic mass is 9.78. The Morgan fingerprint density at radius 1 is 0.897 bits per heavy atom. The molecule has 2 heteroatoms. The summed E-state index contributed by atoms with van der Waals surface area (Å²) in [7, 11) is 2.26. The second kappa shape index (κ2) is 9.18. The first-order valence-corrected chi connectivity index (χ1v) is 10.6. The SMILES string of the molecule is BCCCC(C)(C)c1ccc(N(c2ccc(C)cc2)c2cccc(C=C)c2)cc1. The highest BCUT2D eigenvalue weighted by molar-refractivity contribution is 6.08. The predicted octanol–water partition coefficient (Wildman–Crippen LogP) is 7.22. The quantitative estimate of drug-likeness (QED) is 0.372. The average molecular weight is 381 g/mol. The number of nitrogens with zero attached hydrogens (tertiary/aromatic N) is 1. The van der Waals surface area contributed by atoms with E-state index in [1.165, 1.54) is 36.0 Å². The number of hydrogen-bond donors (Lipinski definition) is 0. The summed E-state index contributed by atoms with van der Waals surface area (Å²) >= 11 is 0. The van der Waals surface area contributed by atoms with Gasteiger partial charge in [0.15, 0.2) is 0 Å². The molecule has 0 heterocycles. The smallest absolute Gasteiger partial charge is 0.101 e. The zero-order chi connectivity index (χ0) is 20.9. The van der Waals surface area contributed by atoms with Crippen molar-refractivity contribution in [1.29, 1.82) is 0 Å². The number of anilines is 3. The third-order valence-corrected chi connectivity index (χ3v) is 5.72. The summed E-state index contributed by atoms with van der Waals surface area (Å²) in [6.45, 7) is 10.8. The van der Waals surface area contributed by atoms with Gasteiger partial charge >= 0.3 is 0 Å². The largest absolute Gasteiger partial charge is 0.310 e. The van der Waals surface area contributed by atoms with E-state index in [1.54, 1.807) is 0 Å². The van der Waals surface area contributed by atoms with Gasteiger partial charge in [-0.05, 0) is 66.3 Å². The third kappa shape index (κ3) is 5.01. The molecule has 0 fully saturated rings. The van der Waals surface area contributed by atoms with E-state index in [0.717, 1.165) is 16.9 Å². The number of rotatable bonds is 8. The molecule has 0 saturated carbocycles. The van der Waals surface area contributed by atoms with E-state index >= 15 is 0 Å². The predicted molar refractivity (Wildman–Crippen MR) is 132 cm³/mol. The van der Waals surface area contributed by atoms with Crippen molar-refractivity contribution in [2.24, 2.45) is 0 Å². The Balaban J connectivity index is 2.02. The van der Waals surface area contributed by atoms with Gasteiger partial charge in [-0.3, -0.25) is 0 Å². The monoisotopic (exact) mass is 381 g/mol. The molecular weight excluding hydrogens is 349 g/mol. The van der Waals surface area contributed by atoms with Crippen LogP contribution in [0.5, 0.6) is 0 Å². The molecule has 1 nitrogen and oxygen atoms in total. The lowest BCUT2D eigenvalue weighted by molar-refractivity contribution is 0.473. The molecule has 3 aromatic carbocycles. The van der Waals surface area contributed by atoms with Crippen LogP contribution >= 0.6 is 0 Å². The van der Waals surface area contributed by atoms with E-state index in [1.807, 2.05) is 6.08 Å². The maximum absolute atomic E-state index is 3.93. The Bertz CT molecular complexity index is 939. The van der Waals surface area contributed by atoms with Gasteiger partial charge in [-0.15, -0.1) is 0 Å². The highest BCUT2D eigenvalue weighted by Crippen LogP contribution is 2.37. The molecule has 3 rings (SSSR count). The zero-order valence-electron chi connectivity index (χ0n) is 18.3. The van der Waals surface area contributed by atoms with Crippen LogP contribution < -0.4 is 4.90 Å². The first-order valence-electron chi connectivity index (χ1n) is 10.6. The molecule has 29 heavy (non-hydrogen) atoms. The molecule has 0 saturated heterocycles. The van der Waals surface area contributed by atoms with Gasteiger partial charge in [0.05, 0.1) is 0 Å². The van der Waals surface area contributed by atoms with E-state index in [2.05, 4.69) is 113 Å². The first kappa shape index (κ1) is 21.0. The molecule has 0 aliphatic carbocycles. The molecule has 0 bridgehead atoms. The molecule has 148 valence electrons. The molecule has 0 atom stereocenters. The Kier molecular flexibility index (Phi) is 6.64. The molecular formula is C27H32BN. The summed E-state index contributed by atoms with van der Waals surface area (Å²) in [6.07, 6.45) is 5.61. The van der Waals surface area contributed by atoms with Crippen molar-refractivity contribution in [2.45, 2.75) is 45.3 Å². The van der Waals surface area contributed by atoms with Crippen LogP contribution in [-0.4, -0.2) is 7.85 Å². The van der Waals surface area contributed by atoms with Crippen molar-refractivity contribution in [1.82, 2.24) is 0 Å². The average Bonchev–Trinajstić information content (AvgIpc) is 2.74. The van der Waals surface area contributed by atoms with E-state index < -0.39 is 0 Å². The Morgan fingerprint density at radius 3 is 2.10 bits per heavy atom. The number of hydrogen-bond acceptors (Lipinski definition) is 1. The lowest BCUT2D eigenvalue weighted by Crippen LogP contribution is -2.17. The topological polar surface area (TPSA) is 3.24 Å². The van der Waals surface area contributed by atoms with Crippen molar-refractivity contribution in [3.05, 3.63) is 96.1 Å². The third-order valence-electron chi connectivity index (χ3n) is 5.72. The van der Waals surface area contributed by atoms with Crippen LogP contribution in [0.4, 0.5) is 17.1 Å². The number of benzene rings is 3. The molecule has 0 aromatic heterocycles. The zero-order valence-corrected chi connectivity index (χ0v) is 18.3. The van der Waals surface area contributed by atoms with Crippen molar-refractivity contribution in [2.75, 3.05) is 4.90 Å². The lowest BCUT2D eigenvalue weighted by Gasteiger charge is -2.28. The van der Waals surface area contributed by atoms with Gasteiger partial charge in [0.25, 0.3) is 0 Å². The highest BCUT2D eigenvalue weighted by atomic mass is 15.1. The van der Waals surface area contributed by atoms with E-state index in [9.17, 15) is 0 Å². The Hall–Kier alpha value is -2.74. The van der Waals surface area contributed by atoms with Crippen LogP contribution in [0.15, 0.2) is 79.4 Å². The summed E-state index contributed by atoms with van der Waals surface area (Å²) in [5, 5.41) is 0. The van der Waals surface area contributed by atoms with Crippen LogP contribution in [0.25, 0.3) is 6.08 Å². The summed E-state index contributed by atoms with van der Waals surface area (Å²) in [4.78, 5) is 2.31. The minimum Gasteiger partial charge on any atom is -0.310 e. The Morgan fingerprint density at radius 2 is 1.52 bits per heavy atom. The summed E-state index contributed by atoms with van der Waals surface area (Å²) in [5.74, 6) is 0. The molecule has 0 radical (unpaired) electrons. The molecule has 0 N–H and O–H groups in total. The van der Waals surface area contributed by atoms with Crippen LogP contribution in [0.2, 0.25) is 6.32 Å². The summed E-state index contributed by atoms with van der Waals surface area (Å²) in [6, 6.07) is 26.3. The van der Waals surface area contributed by atoms with Gasteiger partial charge in [0.2, 0.25) is 0 Å². The van der Waals surface area contributed by atoms with E-state index in [4.69, 9.17) is 0 Å². The van der Waals surface area contributed by atoms with Crippen molar-refractivity contribution in [3.8, 4) is 0 Å². The van der Waals surface area contributed by atoms with Crippen molar-refractivity contribution in [3.63, 3.8) is 0 Å².